The minimum atomic E-state index is -0.912. The van der Waals surface area contributed by atoms with E-state index in [0.29, 0.717) is 17.1 Å². The Labute approximate surface area is 105 Å². The lowest BCUT2D eigenvalue weighted by atomic mass is 10.2. The molecule has 0 aliphatic rings. The van der Waals surface area contributed by atoms with E-state index in [1.54, 1.807) is 19.2 Å². The first-order valence-electron chi connectivity index (χ1n) is 5.76. The summed E-state index contributed by atoms with van der Waals surface area (Å²) in [4.78, 5) is 15.3. The summed E-state index contributed by atoms with van der Waals surface area (Å²) in [5.41, 5.74) is 1.92. The molecule has 0 radical (unpaired) electrons. The molecule has 0 aromatic carbocycles. The second-order valence-electron chi connectivity index (χ2n) is 4.45. The number of oxazole rings is 1. The first-order valence-corrected chi connectivity index (χ1v) is 5.76. The van der Waals surface area contributed by atoms with E-state index in [-0.39, 0.29) is 6.04 Å². The fourth-order valence-electron chi connectivity index (χ4n) is 2.27. The van der Waals surface area contributed by atoms with E-state index in [2.05, 4.69) is 4.98 Å². The topological polar surface area (TPSA) is 68.3 Å². The molecule has 0 fully saturated rings. The van der Waals surface area contributed by atoms with Crippen LogP contribution in [0.25, 0.3) is 0 Å². The number of aryl methyl sites for hydroxylation is 2. The van der Waals surface area contributed by atoms with Crippen LogP contribution in [0, 0.1) is 20.8 Å². The van der Waals surface area contributed by atoms with Crippen molar-refractivity contribution in [1.29, 1.82) is 0 Å². The third-order valence-corrected chi connectivity index (χ3v) is 3.10. The molecule has 0 aliphatic carbocycles. The van der Waals surface area contributed by atoms with Crippen molar-refractivity contribution in [2.75, 3.05) is 0 Å². The Morgan fingerprint density at radius 2 is 2.11 bits per heavy atom. The van der Waals surface area contributed by atoms with Crippen LogP contribution in [0.1, 0.15) is 46.4 Å². The molecule has 0 amide bonds. The van der Waals surface area contributed by atoms with Crippen molar-refractivity contribution < 1.29 is 14.3 Å². The number of hydrogen-bond acceptors (Lipinski definition) is 3. The molecule has 1 unspecified atom stereocenters. The lowest BCUT2D eigenvalue weighted by Crippen LogP contribution is -2.11. The highest BCUT2D eigenvalue weighted by Crippen LogP contribution is 2.25. The lowest BCUT2D eigenvalue weighted by molar-refractivity contribution is 0.0696. The summed E-state index contributed by atoms with van der Waals surface area (Å²) in [6.45, 7) is 7.45. The number of nitrogens with zero attached hydrogens (tertiary/aromatic N) is 2. The predicted molar refractivity (Wildman–Crippen MR) is 65.9 cm³/mol. The van der Waals surface area contributed by atoms with Crippen LogP contribution in [-0.2, 0) is 0 Å². The largest absolute Gasteiger partial charge is 0.478 e. The van der Waals surface area contributed by atoms with E-state index >= 15 is 0 Å². The minimum absolute atomic E-state index is 0.119. The third kappa shape index (κ3) is 1.92. The number of carboxylic acid groups (broad SMARTS) is 1. The van der Waals surface area contributed by atoms with Crippen LogP contribution < -0.4 is 0 Å². The number of hydrogen-bond donors (Lipinski definition) is 1. The maximum atomic E-state index is 11.1. The fraction of sp³-hybridized carbons (Fsp3) is 0.385. The molecule has 18 heavy (non-hydrogen) atoms. The van der Waals surface area contributed by atoms with Crippen molar-refractivity contribution in [2.45, 2.75) is 33.7 Å². The average molecular weight is 248 g/mol. The second-order valence-corrected chi connectivity index (χ2v) is 4.45. The molecule has 1 N–H and O–H groups in total. The Morgan fingerprint density at radius 1 is 1.44 bits per heavy atom. The zero-order chi connectivity index (χ0) is 13.4. The van der Waals surface area contributed by atoms with Gasteiger partial charge in [0, 0.05) is 11.4 Å². The Hall–Kier alpha value is -2.04. The Balaban J connectivity index is 2.48. The Bertz CT molecular complexity index is 595. The first-order chi connectivity index (χ1) is 8.41. The molecule has 0 bridgehead atoms. The highest BCUT2D eigenvalue weighted by molar-refractivity contribution is 5.89. The molecule has 2 rings (SSSR count). The lowest BCUT2D eigenvalue weighted by Gasteiger charge is -2.15. The van der Waals surface area contributed by atoms with Gasteiger partial charge in [-0.25, -0.2) is 9.78 Å². The van der Waals surface area contributed by atoms with Crippen molar-refractivity contribution >= 4 is 5.97 Å². The molecular weight excluding hydrogens is 232 g/mol. The van der Waals surface area contributed by atoms with Crippen molar-refractivity contribution in [3.8, 4) is 0 Å². The molecule has 1 atom stereocenters. The zero-order valence-corrected chi connectivity index (χ0v) is 10.9. The van der Waals surface area contributed by atoms with Gasteiger partial charge in [0.15, 0.2) is 0 Å². The van der Waals surface area contributed by atoms with E-state index < -0.39 is 5.97 Å². The molecule has 5 heteroatoms. The first kappa shape index (κ1) is 12.4. The van der Waals surface area contributed by atoms with E-state index in [9.17, 15) is 4.79 Å². The van der Waals surface area contributed by atoms with Gasteiger partial charge in [0.2, 0.25) is 5.89 Å². The van der Waals surface area contributed by atoms with Gasteiger partial charge >= 0.3 is 5.97 Å². The van der Waals surface area contributed by atoms with Crippen LogP contribution in [0.5, 0.6) is 0 Å². The third-order valence-electron chi connectivity index (χ3n) is 3.10. The van der Waals surface area contributed by atoms with Crippen LogP contribution in [-0.4, -0.2) is 20.6 Å². The molecule has 5 nitrogen and oxygen atoms in total. The van der Waals surface area contributed by atoms with Gasteiger partial charge in [0.05, 0.1) is 11.8 Å². The normalized spacial score (nSPS) is 12.7. The van der Waals surface area contributed by atoms with Gasteiger partial charge in [0.25, 0.3) is 0 Å². The molecule has 2 heterocycles. The fourth-order valence-corrected chi connectivity index (χ4v) is 2.27. The van der Waals surface area contributed by atoms with Gasteiger partial charge in [-0.2, -0.15) is 0 Å². The zero-order valence-electron chi connectivity index (χ0n) is 10.9. The number of carbonyl (C=O) groups is 1. The molecular formula is C13H16N2O3. The SMILES string of the molecule is Cc1cnc(C(C)n2c(C)cc(C(=O)O)c2C)o1. The van der Waals surface area contributed by atoms with Crippen molar-refractivity contribution in [1.82, 2.24) is 9.55 Å². The number of aromatic carboxylic acids is 1. The van der Waals surface area contributed by atoms with Crippen molar-refractivity contribution in [3.05, 3.63) is 40.9 Å². The van der Waals surface area contributed by atoms with Crippen LogP contribution in [0.15, 0.2) is 16.7 Å². The molecule has 2 aromatic heterocycles. The van der Waals surface area contributed by atoms with Crippen LogP contribution in [0.2, 0.25) is 0 Å². The summed E-state index contributed by atoms with van der Waals surface area (Å²) in [5.74, 6) is 0.425. The van der Waals surface area contributed by atoms with Crippen molar-refractivity contribution in [2.24, 2.45) is 0 Å². The summed E-state index contributed by atoms with van der Waals surface area (Å²) in [7, 11) is 0. The van der Waals surface area contributed by atoms with Crippen molar-refractivity contribution in [3.63, 3.8) is 0 Å². The van der Waals surface area contributed by atoms with Gasteiger partial charge < -0.3 is 14.1 Å². The maximum Gasteiger partial charge on any atom is 0.337 e. The maximum absolute atomic E-state index is 11.1. The second kappa shape index (κ2) is 4.33. The average Bonchev–Trinajstić information content (AvgIpc) is 2.83. The number of rotatable bonds is 3. The smallest absolute Gasteiger partial charge is 0.337 e. The summed E-state index contributed by atoms with van der Waals surface area (Å²) in [6, 6.07) is 1.55. The van der Waals surface area contributed by atoms with E-state index in [1.165, 1.54) is 0 Å². The van der Waals surface area contributed by atoms with E-state index in [4.69, 9.17) is 9.52 Å². The highest BCUT2D eigenvalue weighted by atomic mass is 16.4. The molecule has 0 spiro atoms. The molecule has 0 saturated heterocycles. The van der Waals surface area contributed by atoms with Crippen LogP contribution in [0.3, 0.4) is 0 Å². The summed E-state index contributed by atoms with van der Waals surface area (Å²) < 4.78 is 7.43. The van der Waals surface area contributed by atoms with Crippen LogP contribution in [0.4, 0.5) is 0 Å². The number of carboxylic acids is 1. The highest BCUT2D eigenvalue weighted by Gasteiger charge is 2.21. The quantitative estimate of drug-likeness (QED) is 0.906. The minimum Gasteiger partial charge on any atom is -0.478 e. The van der Waals surface area contributed by atoms with Gasteiger partial charge in [-0.1, -0.05) is 0 Å². The van der Waals surface area contributed by atoms with E-state index in [1.807, 2.05) is 25.3 Å². The van der Waals surface area contributed by atoms with Gasteiger partial charge in [-0.05, 0) is 33.8 Å². The molecule has 2 aromatic rings. The standard InChI is InChI=1S/C13H16N2O3/c1-7-5-11(13(16)17)9(3)15(7)10(4)12-14-6-8(2)18-12/h5-6,10H,1-4H3,(H,16,17). The number of aromatic nitrogens is 2. The van der Waals surface area contributed by atoms with Gasteiger partial charge in [0.1, 0.15) is 11.8 Å². The van der Waals surface area contributed by atoms with Crippen LogP contribution >= 0.6 is 0 Å². The Kier molecular flexibility index (Phi) is 2.98. The van der Waals surface area contributed by atoms with E-state index in [0.717, 1.165) is 11.5 Å². The Morgan fingerprint density at radius 3 is 2.56 bits per heavy atom. The summed E-state index contributed by atoms with van der Waals surface area (Å²) in [5, 5.41) is 9.11. The molecule has 96 valence electrons. The molecule has 0 saturated carbocycles. The summed E-state index contributed by atoms with van der Waals surface area (Å²) in [6.07, 6.45) is 1.66. The van der Waals surface area contributed by atoms with Gasteiger partial charge in [-0.15, -0.1) is 0 Å². The van der Waals surface area contributed by atoms with Gasteiger partial charge in [-0.3, -0.25) is 0 Å². The summed E-state index contributed by atoms with van der Waals surface area (Å²) >= 11 is 0. The monoisotopic (exact) mass is 248 g/mol. The predicted octanol–water partition coefficient (Wildman–Crippen LogP) is 2.71. The molecule has 0 aliphatic heterocycles.